The Hall–Kier alpha value is -0.0800. The zero-order valence-corrected chi connectivity index (χ0v) is 9.21. The summed E-state index contributed by atoms with van der Waals surface area (Å²) in [6.07, 6.45) is 7.38. The van der Waals surface area contributed by atoms with Gasteiger partial charge in [-0.25, -0.2) is 0 Å². The van der Waals surface area contributed by atoms with Gasteiger partial charge in [-0.1, -0.05) is 12.8 Å². The second-order valence-electron chi connectivity index (χ2n) is 5.47. The molecule has 0 spiro atoms. The zero-order chi connectivity index (χ0) is 9.54. The molecule has 2 heteroatoms. The van der Waals surface area contributed by atoms with Crippen LogP contribution in [0.15, 0.2) is 0 Å². The number of fused-ring (bicyclic) bond motifs is 1. The van der Waals surface area contributed by atoms with Gasteiger partial charge in [-0.2, -0.15) is 0 Å². The van der Waals surface area contributed by atoms with Crippen molar-refractivity contribution in [3.05, 3.63) is 0 Å². The van der Waals surface area contributed by atoms with E-state index in [1.54, 1.807) is 0 Å². The van der Waals surface area contributed by atoms with Gasteiger partial charge in [0.1, 0.15) is 0 Å². The standard InChI is InChI=1S/C12H22N2/c1-14(10-5-6-13-8-10)12-4-2-3-9-7-11(9)12/h9-13H,2-8H2,1H3. The van der Waals surface area contributed by atoms with Gasteiger partial charge in [-0.15, -0.1) is 0 Å². The van der Waals surface area contributed by atoms with Crippen LogP contribution in [0.3, 0.4) is 0 Å². The van der Waals surface area contributed by atoms with E-state index in [-0.39, 0.29) is 0 Å². The highest BCUT2D eigenvalue weighted by Crippen LogP contribution is 2.51. The average Bonchev–Trinajstić information content (AvgIpc) is 2.80. The largest absolute Gasteiger partial charge is 0.315 e. The van der Waals surface area contributed by atoms with Crippen LogP contribution in [0.5, 0.6) is 0 Å². The Kier molecular flexibility index (Phi) is 2.29. The monoisotopic (exact) mass is 194 g/mol. The summed E-state index contributed by atoms with van der Waals surface area (Å²) >= 11 is 0. The number of rotatable bonds is 2. The van der Waals surface area contributed by atoms with Gasteiger partial charge in [0.15, 0.2) is 0 Å². The van der Waals surface area contributed by atoms with Crippen molar-refractivity contribution in [3.8, 4) is 0 Å². The highest BCUT2D eigenvalue weighted by Gasteiger charge is 2.47. The Balaban J connectivity index is 1.62. The van der Waals surface area contributed by atoms with Crippen molar-refractivity contribution in [1.29, 1.82) is 0 Å². The molecule has 2 aliphatic carbocycles. The highest BCUT2D eigenvalue weighted by atomic mass is 15.2. The molecule has 0 radical (unpaired) electrons. The number of nitrogens with one attached hydrogen (secondary N) is 1. The summed E-state index contributed by atoms with van der Waals surface area (Å²) in [5.74, 6) is 2.19. The fraction of sp³-hybridized carbons (Fsp3) is 1.00. The summed E-state index contributed by atoms with van der Waals surface area (Å²) in [6.45, 7) is 2.46. The van der Waals surface area contributed by atoms with Crippen molar-refractivity contribution in [3.63, 3.8) is 0 Å². The molecule has 1 N–H and O–H groups in total. The first-order chi connectivity index (χ1) is 6.86. The smallest absolute Gasteiger partial charge is 0.0232 e. The molecular formula is C12H22N2. The van der Waals surface area contributed by atoms with E-state index < -0.39 is 0 Å². The molecule has 2 saturated carbocycles. The Morgan fingerprint density at radius 2 is 2.14 bits per heavy atom. The van der Waals surface area contributed by atoms with Crippen LogP contribution in [0, 0.1) is 11.8 Å². The predicted octanol–water partition coefficient (Wildman–Crippen LogP) is 1.47. The first kappa shape index (κ1) is 9.17. The maximum atomic E-state index is 3.48. The van der Waals surface area contributed by atoms with Crippen LogP contribution in [0.25, 0.3) is 0 Å². The van der Waals surface area contributed by atoms with Crippen LogP contribution in [0.2, 0.25) is 0 Å². The first-order valence-corrected chi connectivity index (χ1v) is 6.29. The summed E-state index contributed by atoms with van der Waals surface area (Å²) in [4.78, 5) is 2.70. The molecule has 1 aliphatic heterocycles. The zero-order valence-electron chi connectivity index (χ0n) is 9.21. The lowest BCUT2D eigenvalue weighted by atomic mass is 9.93. The molecule has 3 aliphatic rings. The molecule has 14 heavy (non-hydrogen) atoms. The van der Waals surface area contributed by atoms with Gasteiger partial charge < -0.3 is 5.32 Å². The van der Waals surface area contributed by atoms with Crippen molar-refractivity contribution in [2.75, 3.05) is 20.1 Å². The van der Waals surface area contributed by atoms with E-state index in [1.807, 2.05) is 0 Å². The van der Waals surface area contributed by atoms with Gasteiger partial charge >= 0.3 is 0 Å². The van der Waals surface area contributed by atoms with Crippen molar-refractivity contribution < 1.29 is 0 Å². The van der Waals surface area contributed by atoms with Crippen molar-refractivity contribution in [2.45, 2.75) is 44.2 Å². The van der Waals surface area contributed by atoms with E-state index in [0.717, 1.165) is 23.9 Å². The normalized spacial score (nSPS) is 46.7. The SMILES string of the molecule is CN(C1CCNC1)C1CCCC2CC21. The molecule has 2 nitrogen and oxygen atoms in total. The fourth-order valence-electron chi connectivity index (χ4n) is 3.64. The second-order valence-corrected chi connectivity index (χ2v) is 5.47. The summed E-state index contributed by atoms with van der Waals surface area (Å²) in [6, 6.07) is 1.76. The van der Waals surface area contributed by atoms with Gasteiger partial charge in [-0.3, -0.25) is 4.90 Å². The van der Waals surface area contributed by atoms with Crippen LogP contribution in [-0.4, -0.2) is 37.1 Å². The van der Waals surface area contributed by atoms with Crippen LogP contribution in [0.4, 0.5) is 0 Å². The van der Waals surface area contributed by atoms with Crippen molar-refractivity contribution in [1.82, 2.24) is 10.2 Å². The third-order valence-electron chi connectivity index (χ3n) is 4.68. The topological polar surface area (TPSA) is 15.3 Å². The van der Waals surface area contributed by atoms with E-state index in [2.05, 4.69) is 17.3 Å². The second kappa shape index (κ2) is 3.49. The molecule has 4 unspecified atom stereocenters. The lowest BCUT2D eigenvalue weighted by Crippen LogP contribution is -2.43. The summed E-state index contributed by atoms with van der Waals surface area (Å²) < 4.78 is 0. The molecule has 3 rings (SSSR count). The van der Waals surface area contributed by atoms with Crippen molar-refractivity contribution >= 4 is 0 Å². The molecule has 80 valence electrons. The van der Waals surface area contributed by atoms with E-state index in [1.165, 1.54) is 45.2 Å². The molecule has 0 aromatic heterocycles. The summed E-state index contributed by atoms with van der Waals surface area (Å²) in [5, 5.41) is 3.48. The number of hydrogen-bond donors (Lipinski definition) is 1. The Morgan fingerprint density at radius 1 is 1.21 bits per heavy atom. The molecule has 0 aromatic rings. The van der Waals surface area contributed by atoms with E-state index in [4.69, 9.17) is 0 Å². The van der Waals surface area contributed by atoms with Crippen LogP contribution < -0.4 is 5.32 Å². The third-order valence-corrected chi connectivity index (χ3v) is 4.68. The minimum Gasteiger partial charge on any atom is -0.315 e. The average molecular weight is 194 g/mol. The minimum absolute atomic E-state index is 0.833. The summed E-state index contributed by atoms with van der Waals surface area (Å²) in [5.41, 5.74) is 0. The van der Waals surface area contributed by atoms with Crippen LogP contribution in [-0.2, 0) is 0 Å². The number of nitrogens with zero attached hydrogens (tertiary/aromatic N) is 1. The predicted molar refractivity (Wildman–Crippen MR) is 58.3 cm³/mol. The van der Waals surface area contributed by atoms with E-state index in [0.29, 0.717) is 0 Å². The lowest BCUT2D eigenvalue weighted by Gasteiger charge is -2.35. The summed E-state index contributed by atoms with van der Waals surface area (Å²) in [7, 11) is 2.36. The van der Waals surface area contributed by atoms with Crippen LogP contribution in [0.1, 0.15) is 32.1 Å². The highest BCUT2D eigenvalue weighted by molar-refractivity contribution is 5.00. The molecule has 1 saturated heterocycles. The van der Waals surface area contributed by atoms with Gasteiger partial charge in [0.2, 0.25) is 0 Å². The van der Waals surface area contributed by atoms with Gasteiger partial charge in [0.25, 0.3) is 0 Å². The van der Waals surface area contributed by atoms with Gasteiger partial charge in [0.05, 0.1) is 0 Å². The van der Waals surface area contributed by atoms with Gasteiger partial charge in [0, 0.05) is 18.6 Å². The van der Waals surface area contributed by atoms with Gasteiger partial charge in [-0.05, 0) is 44.7 Å². The molecular weight excluding hydrogens is 172 g/mol. The molecule has 3 fully saturated rings. The molecule has 0 aromatic carbocycles. The Labute approximate surface area is 87.0 Å². The third kappa shape index (κ3) is 1.49. The fourth-order valence-corrected chi connectivity index (χ4v) is 3.64. The van der Waals surface area contributed by atoms with Crippen LogP contribution >= 0.6 is 0 Å². The first-order valence-electron chi connectivity index (χ1n) is 6.29. The lowest BCUT2D eigenvalue weighted by molar-refractivity contribution is 0.135. The van der Waals surface area contributed by atoms with Crippen molar-refractivity contribution in [2.24, 2.45) is 11.8 Å². The maximum Gasteiger partial charge on any atom is 0.0232 e. The maximum absolute atomic E-state index is 3.48. The van der Waals surface area contributed by atoms with E-state index >= 15 is 0 Å². The molecule has 0 amide bonds. The number of likely N-dealkylation sites (N-methyl/N-ethyl adjacent to an activating group) is 1. The molecule has 0 bridgehead atoms. The number of hydrogen-bond acceptors (Lipinski definition) is 2. The molecule has 1 heterocycles. The molecule has 4 atom stereocenters. The van der Waals surface area contributed by atoms with E-state index in [9.17, 15) is 0 Å². The Morgan fingerprint density at radius 3 is 2.93 bits per heavy atom. The quantitative estimate of drug-likeness (QED) is 0.716. The Bertz CT molecular complexity index is 210. The minimum atomic E-state index is 0.833.